The Bertz CT molecular complexity index is 927. The Labute approximate surface area is 165 Å². The number of benzene rings is 2. The first-order valence-electron chi connectivity index (χ1n) is 8.91. The number of nitrogen functional groups attached to an aromatic ring is 2. The van der Waals surface area contributed by atoms with E-state index in [1.807, 2.05) is 0 Å². The highest BCUT2D eigenvalue weighted by Gasteiger charge is 2.28. The zero-order valence-corrected chi connectivity index (χ0v) is 16.8. The molecule has 28 heavy (non-hydrogen) atoms. The first-order valence-corrected chi connectivity index (χ1v) is 11.9. The van der Waals surface area contributed by atoms with Crippen LogP contribution in [0.2, 0.25) is 0 Å². The third-order valence-electron chi connectivity index (χ3n) is 4.75. The van der Waals surface area contributed by atoms with Crippen molar-refractivity contribution in [3.05, 3.63) is 48.5 Å². The summed E-state index contributed by atoms with van der Waals surface area (Å²) in [6.45, 7) is 0. The van der Waals surface area contributed by atoms with Gasteiger partial charge in [0.15, 0.2) is 0 Å². The molecule has 0 spiro atoms. The molecule has 1 aliphatic carbocycles. The highest BCUT2D eigenvalue weighted by molar-refractivity contribution is 7.89. The molecule has 152 valence electrons. The predicted octanol–water partition coefficient (Wildman–Crippen LogP) is 1.42. The van der Waals surface area contributed by atoms with E-state index >= 15 is 0 Å². The second-order valence-corrected chi connectivity index (χ2v) is 10.4. The Balaban J connectivity index is 1.57. The molecule has 1 fully saturated rings. The quantitative estimate of drug-likeness (QED) is 0.516. The maximum atomic E-state index is 12.5. The fraction of sp³-hybridized carbons (Fsp3) is 0.333. The number of nitrogens with two attached hydrogens (primary N) is 2. The van der Waals surface area contributed by atoms with Crippen LogP contribution in [0.3, 0.4) is 0 Å². The van der Waals surface area contributed by atoms with Crippen LogP contribution in [0, 0.1) is 0 Å². The van der Waals surface area contributed by atoms with Gasteiger partial charge in [0, 0.05) is 23.5 Å². The van der Waals surface area contributed by atoms with Crippen molar-refractivity contribution in [3.63, 3.8) is 0 Å². The summed E-state index contributed by atoms with van der Waals surface area (Å²) in [6, 6.07) is 11.5. The number of nitrogens with one attached hydrogen (secondary N) is 2. The van der Waals surface area contributed by atoms with E-state index in [-0.39, 0.29) is 21.9 Å². The molecule has 10 heteroatoms. The van der Waals surface area contributed by atoms with Gasteiger partial charge in [-0.1, -0.05) is 0 Å². The molecule has 1 saturated carbocycles. The van der Waals surface area contributed by atoms with Gasteiger partial charge in [-0.2, -0.15) is 0 Å². The van der Waals surface area contributed by atoms with E-state index in [2.05, 4.69) is 9.44 Å². The van der Waals surface area contributed by atoms with E-state index in [0.29, 0.717) is 37.1 Å². The first-order chi connectivity index (χ1) is 13.2. The van der Waals surface area contributed by atoms with Gasteiger partial charge in [-0.15, -0.1) is 0 Å². The SMILES string of the molecule is Nc1ccc(S(=O)(=O)NC2CCC(NS(=O)(=O)c3ccc(N)cc3)CC2)cc1. The van der Waals surface area contributed by atoms with Crippen LogP contribution in [0.15, 0.2) is 58.3 Å². The summed E-state index contributed by atoms with van der Waals surface area (Å²) in [5.41, 5.74) is 12.2. The minimum Gasteiger partial charge on any atom is -0.399 e. The summed E-state index contributed by atoms with van der Waals surface area (Å²) < 4.78 is 55.2. The predicted molar refractivity (Wildman–Crippen MR) is 108 cm³/mol. The van der Waals surface area contributed by atoms with Crippen LogP contribution in [-0.2, 0) is 20.0 Å². The smallest absolute Gasteiger partial charge is 0.240 e. The number of hydrogen-bond donors (Lipinski definition) is 4. The van der Waals surface area contributed by atoms with E-state index in [1.165, 1.54) is 48.5 Å². The molecule has 1 aliphatic rings. The van der Waals surface area contributed by atoms with Crippen molar-refractivity contribution >= 4 is 31.4 Å². The minimum atomic E-state index is -3.63. The molecule has 0 aromatic heterocycles. The van der Waals surface area contributed by atoms with E-state index in [4.69, 9.17) is 11.5 Å². The second-order valence-electron chi connectivity index (χ2n) is 6.93. The van der Waals surface area contributed by atoms with Crippen LogP contribution < -0.4 is 20.9 Å². The van der Waals surface area contributed by atoms with Crippen LogP contribution in [0.5, 0.6) is 0 Å². The molecule has 0 bridgehead atoms. The molecule has 0 saturated heterocycles. The summed E-state index contributed by atoms with van der Waals surface area (Å²) in [5.74, 6) is 0. The van der Waals surface area contributed by atoms with E-state index < -0.39 is 20.0 Å². The van der Waals surface area contributed by atoms with Crippen molar-refractivity contribution in [3.8, 4) is 0 Å². The van der Waals surface area contributed by atoms with Crippen molar-refractivity contribution in [2.75, 3.05) is 11.5 Å². The van der Waals surface area contributed by atoms with Gasteiger partial charge in [0.05, 0.1) is 9.79 Å². The lowest BCUT2D eigenvalue weighted by atomic mass is 9.92. The number of sulfonamides is 2. The Morgan fingerprint density at radius 1 is 0.607 bits per heavy atom. The molecule has 0 atom stereocenters. The Hall–Kier alpha value is -2.14. The number of anilines is 2. The van der Waals surface area contributed by atoms with Gasteiger partial charge < -0.3 is 11.5 Å². The maximum absolute atomic E-state index is 12.5. The molecule has 8 nitrogen and oxygen atoms in total. The molecular formula is C18H24N4O4S2. The van der Waals surface area contributed by atoms with Crippen LogP contribution in [0.1, 0.15) is 25.7 Å². The van der Waals surface area contributed by atoms with Gasteiger partial charge in [-0.05, 0) is 74.2 Å². The number of rotatable bonds is 6. The Morgan fingerprint density at radius 3 is 1.18 bits per heavy atom. The lowest BCUT2D eigenvalue weighted by Crippen LogP contribution is -2.43. The van der Waals surface area contributed by atoms with Gasteiger partial charge in [0.2, 0.25) is 20.0 Å². The van der Waals surface area contributed by atoms with E-state index in [1.54, 1.807) is 0 Å². The topological polar surface area (TPSA) is 144 Å². The molecule has 0 aliphatic heterocycles. The standard InChI is InChI=1S/C18H24N4O4S2/c19-13-1-9-17(10-2-13)27(23,24)21-15-5-7-16(8-6-15)22-28(25,26)18-11-3-14(20)4-12-18/h1-4,9-12,15-16,21-22H,5-8,19-20H2. The van der Waals surface area contributed by atoms with Crippen LogP contribution in [-0.4, -0.2) is 28.9 Å². The zero-order valence-electron chi connectivity index (χ0n) is 15.2. The van der Waals surface area contributed by atoms with Gasteiger partial charge in [0.1, 0.15) is 0 Å². The average molecular weight is 425 g/mol. The van der Waals surface area contributed by atoms with Gasteiger partial charge in [-0.25, -0.2) is 26.3 Å². The van der Waals surface area contributed by atoms with Crippen molar-refractivity contribution in [1.82, 2.24) is 9.44 Å². The fourth-order valence-corrected chi connectivity index (χ4v) is 5.81. The third kappa shape index (κ3) is 5.02. The minimum absolute atomic E-state index is 0.160. The van der Waals surface area contributed by atoms with E-state index in [9.17, 15) is 16.8 Å². The second kappa shape index (κ2) is 8.08. The molecular weight excluding hydrogens is 400 g/mol. The molecule has 0 heterocycles. The summed E-state index contributed by atoms with van der Waals surface area (Å²) >= 11 is 0. The van der Waals surface area contributed by atoms with Gasteiger partial charge in [-0.3, -0.25) is 0 Å². The molecule has 0 radical (unpaired) electrons. The summed E-state index contributed by atoms with van der Waals surface area (Å²) in [4.78, 5) is 0.320. The van der Waals surface area contributed by atoms with Crippen LogP contribution >= 0.6 is 0 Å². The lowest BCUT2D eigenvalue weighted by molar-refractivity contribution is 0.356. The van der Waals surface area contributed by atoms with Crippen LogP contribution in [0.4, 0.5) is 11.4 Å². The van der Waals surface area contributed by atoms with Crippen LogP contribution in [0.25, 0.3) is 0 Å². The Kier molecular flexibility index (Phi) is 5.94. The highest BCUT2D eigenvalue weighted by atomic mass is 32.2. The van der Waals surface area contributed by atoms with Crippen molar-refractivity contribution in [1.29, 1.82) is 0 Å². The number of hydrogen-bond acceptors (Lipinski definition) is 6. The lowest BCUT2D eigenvalue weighted by Gasteiger charge is -2.29. The molecule has 3 rings (SSSR count). The van der Waals surface area contributed by atoms with Crippen molar-refractivity contribution in [2.24, 2.45) is 0 Å². The molecule has 0 amide bonds. The van der Waals surface area contributed by atoms with Crippen molar-refractivity contribution in [2.45, 2.75) is 47.6 Å². The van der Waals surface area contributed by atoms with Gasteiger partial charge >= 0.3 is 0 Å². The molecule has 2 aromatic carbocycles. The van der Waals surface area contributed by atoms with Crippen molar-refractivity contribution < 1.29 is 16.8 Å². The molecule has 2 aromatic rings. The summed E-state index contributed by atoms with van der Waals surface area (Å²) in [5, 5.41) is 0. The van der Waals surface area contributed by atoms with E-state index in [0.717, 1.165) is 0 Å². The normalized spacial score (nSPS) is 20.7. The average Bonchev–Trinajstić information content (AvgIpc) is 2.64. The highest BCUT2D eigenvalue weighted by Crippen LogP contribution is 2.23. The zero-order chi connectivity index (χ0) is 20.4. The maximum Gasteiger partial charge on any atom is 0.240 e. The summed E-state index contributed by atoms with van der Waals surface area (Å²) in [6.07, 6.45) is 2.18. The monoisotopic (exact) mass is 424 g/mol. The first kappa shape index (κ1) is 20.6. The molecule has 0 unspecified atom stereocenters. The summed E-state index contributed by atoms with van der Waals surface area (Å²) in [7, 11) is -7.26. The third-order valence-corrected chi connectivity index (χ3v) is 7.82. The fourth-order valence-electron chi connectivity index (χ4n) is 3.20. The largest absolute Gasteiger partial charge is 0.399 e. The molecule has 6 N–H and O–H groups in total. The van der Waals surface area contributed by atoms with Gasteiger partial charge in [0.25, 0.3) is 0 Å². The Morgan fingerprint density at radius 2 is 0.893 bits per heavy atom.